The Bertz CT molecular complexity index is 590. The normalized spacial score (nSPS) is 12.4. The van der Waals surface area contributed by atoms with Gasteiger partial charge in [0.25, 0.3) is 5.91 Å². The molecule has 0 aliphatic carbocycles. The van der Waals surface area contributed by atoms with Crippen LogP contribution in [0.25, 0.3) is 0 Å². The molecule has 1 aromatic carbocycles. The molecule has 0 saturated heterocycles. The minimum atomic E-state index is -1.29. The first-order valence-corrected chi connectivity index (χ1v) is 8.77. The number of ether oxygens (including phenoxy) is 1. The van der Waals surface area contributed by atoms with Crippen molar-refractivity contribution in [2.45, 2.75) is 44.7 Å². The number of aliphatic hydroxyl groups excluding tert-OH is 1. The Morgan fingerprint density at radius 2 is 2.00 bits per heavy atom. The fourth-order valence-electron chi connectivity index (χ4n) is 2.00. The summed E-state index contributed by atoms with van der Waals surface area (Å²) in [6, 6.07) is 6.77. The van der Waals surface area contributed by atoms with E-state index in [1.165, 1.54) is 4.90 Å². The molecule has 6 nitrogen and oxygen atoms in total. The number of nitrogens with zero attached hydrogens (tertiary/aromatic N) is 1. The second-order valence-electron chi connectivity index (χ2n) is 6.41. The first kappa shape index (κ1) is 21.5. The number of alkyl halides is 1. The largest absolute Gasteiger partial charge is 0.444 e. The fraction of sp³-hybridized carbons (Fsp3) is 0.529. The number of aliphatic hydroxyl groups is 1. The molecule has 1 rings (SSSR count). The molecule has 0 radical (unpaired) electrons. The number of anilines is 1. The maximum atomic E-state index is 12.7. The zero-order chi connectivity index (χ0) is 19.0. The number of unbranched alkanes of at least 4 members (excludes halogenated alkanes) is 1. The molecule has 25 heavy (non-hydrogen) atoms. The minimum Gasteiger partial charge on any atom is -0.444 e. The molecule has 0 aliphatic rings. The molecule has 8 heteroatoms. The Hall–Kier alpha value is -1.50. The average molecular weight is 391 g/mol. The second-order valence-corrected chi connectivity index (χ2v) is 7.28. The molecular weight excluding hydrogens is 367 g/mol. The van der Waals surface area contributed by atoms with Gasteiger partial charge in [0.05, 0.1) is 0 Å². The molecule has 0 heterocycles. The molecular formula is C17H24Cl2N2O4. The predicted octanol–water partition coefficient (Wildman–Crippen LogP) is 3.54. The standard InChI is InChI=1S/C17H24Cl2N2O4/c1-17(2,3)25-16(24)20-14(19)15(23)21(9-4-5-10-22)13-8-6-7-12(18)11-13/h6-8,11,14,22H,4-5,9-10H2,1-3H3,(H,20,24). The van der Waals surface area contributed by atoms with Crippen LogP contribution >= 0.6 is 23.2 Å². The lowest BCUT2D eigenvalue weighted by molar-refractivity contribution is -0.118. The van der Waals surface area contributed by atoms with Gasteiger partial charge in [-0.3, -0.25) is 10.1 Å². The van der Waals surface area contributed by atoms with Gasteiger partial charge in [0.15, 0.2) is 5.50 Å². The monoisotopic (exact) mass is 390 g/mol. The number of benzene rings is 1. The Balaban J connectivity index is 2.85. The van der Waals surface area contributed by atoms with Gasteiger partial charge < -0.3 is 14.7 Å². The lowest BCUT2D eigenvalue weighted by atomic mass is 10.2. The molecule has 0 bridgehead atoms. The van der Waals surface area contributed by atoms with Gasteiger partial charge in [0.1, 0.15) is 5.60 Å². The summed E-state index contributed by atoms with van der Waals surface area (Å²) < 4.78 is 5.10. The third kappa shape index (κ3) is 7.94. The van der Waals surface area contributed by atoms with Crippen molar-refractivity contribution in [2.75, 3.05) is 18.1 Å². The van der Waals surface area contributed by atoms with Gasteiger partial charge in [-0.1, -0.05) is 29.3 Å². The number of carbonyl (C=O) groups is 2. The maximum Gasteiger partial charge on any atom is 0.409 e. The van der Waals surface area contributed by atoms with E-state index in [-0.39, 0.29) is 6.61 Å². The van der Waals surface area contributed by atoms with E-state index in [0.717, 1.165) is 0 Å². The van der Waals surface area contributed by atoms with Crippen LogP contribution in [0, 0.1) is 0 Å². The van der Waals surface area contributed by atoms with E-state index in [0.29, 0.717) is 30.1 Å². The van der Waals surface area contributed by atoms with Crippen LogP contribution in [0.1, 0.15) is 33.6 Å². The van der Waals surface area contributed by atoms with Crippen LogP contribution in [0.3, 0.4) is 0 Å². The highest BCUT2D eigenvalue weighted by molar-refractivity contribution is 6.33. The van der Waals surface area contributed by atoms with E-state index in [9.17, 15) is 9.59 Å². The molecule has 2 amide bonds. The van der Waals surface area contributed by atoms with Gasteiger partial charge in [0.2, 0.25) is 0 Å². The van der Waals surface area contributed by atoms with E-state index in [2.05, 4.69) is 5.32 Å². The first-order valence-electron chi connectivity index (χ1n) is 7.95. The summed E-state index contributed by atoms with van der Waals surface area (Å²) >= 11 is 12.1. The number of amides is 2. The van der Waals surface area contributed by atoms with Gasteiger partial charge in [-0.2, -0.15) is 0 Å². The van der Waals surface area contributed by atoms with Crippen LogP contribution in [0.15, 0.2) is 24.3 Å². The summed E-state index contributed by atoms with van der Waals surface area (Å²) in [5.41, 5.74) is -1.42. The van der Waals surface area contributed by atoms with Crippen molar-refractivity contribution < 1.29 is 19.4 Å². The third-order valence-corrected chi connectivity index (χ3v) is 3.57. The summed E-state index contributed by atoms with van der Waals surface area (Å²) in [5.74, 6) is -0.507. The second kappa shape index (κ2) is 9.85. The molecule has 0 fully saturated rings. The zero-order valence-electron chi connectivity index (χ0n) is 14.6. The number of halogens is 2. The molecule has 0 spiro atoms. The molecule has 2 N–H and O–H groups in total. The highest BCUT2D eigenvalue weighted by atomic mass is 35.5. The lowest BCUT2D eigenvalue weighted by Gasteiger charge is -2.26. The Kier molecular flexibility index (Phi) is 8.48. The van der Waals surface area contributed by atoms with Gasteiger partial charge in [-0.05, 0) is 51.8 Å². The van der Waals surface area contributed by atoms with E-state index in [4.69, 9.17) is 33.0 Å². The predicted molar refractivity (Wildman–Crippen MR) is 99.1 cm³/mol. The number of hydrogen-bond donors (Lipinski definition) is 2. The van der Waals surface area contributed by atoms with Gasteiger partial charge in [-0.25, -0.2) is 4.79 Å². The third-order valence-electron chi connectivity index (χ3n) is 3.04. The summed E-state index contributed by atoms with van der Waals surface area (Å²) in [5, 5.41) is 11.7. The maximum absolute atomic E-state index is 12.7. The van der Waals surface area contributed by atoms with Crippen LogP contribution in [0.2, 0.25) is 5.02 Å². The molecule has 1 atom stereocenters. The Morgan fingerprint density at radius 1 is 1.32 bits per heavy atom. The van der Waals surface area contributed by atoms with Crippen LogP contribution in [0.4, 0.5) is 10.5 Å². The van der Waals surface area contributed by atoms with Gasteiger partial charge in [0, 0.05) is 23.9 Å². The van der Waals surface area contributed by atoms with Crippen molar-refractivity contribution in [3.05, 3.63) is 29.3 Å². The molecule has 1 aromatic rings. The van der Waals surface area contributed by atoms with Crippen molar-refractivity contribution in [1.29, 1.82) is 0 Å². The van der Waals surface area contributed by atoms with Crippen molar-refractivity contribution in [3.8, 4) is 0 Å². The van der Waals surface area contributed by atoms with Crippen molar-refractivity contribution in [2.24, 2.45) is 0 Å². The van der Waals surface area contributed by atoms with E-state index in [1.54, 1.807) is 45.0 Å². The van der Waals surface area contributed by atoms with Crippen molar-refractivity contribution >= 4 is 40.9 Å². The zero-order valence-corrected chi connectivity index (χ0v) is 16.1. The number of alkyl carbamates (subject to hydrolysis) is 1. The van der Waals surface area contributed by atoms with Gasteiger partial charge >= 0.3 is 6.09 Å². The summed E-state index contributed by atoms with van der Waals surface area (Å²) in [6.45, 7) is 5.50. The molecule has 140 valence electrons. The van der Waals surface area contributed by atoms with Crippen LogP contribution in [0.5, 0.6) is 0 Å². The van der Waals surface area contributed by atoms with Crippen molar-refractivity contribution in [1.82, 2.24) is 5.32 Å². The van der Waals surface area contributed by atoms with E-state index < -0.39 is 23.1 Å². The number of carbonyl (C=O) groups excluding carboxylic acids is 2. The van der Waals surface area contributed by atoms with Crippen LogP contribution in [-0.4, -0.2) is 41.4 Å². The average Bonchev–Trinajstić information content (AvgIpc) is 2.49. The quantitative estimate of drug-likeness (QED) is 0.423. The van der Waals surface area contributed by atoms with Crippen LogP contribution < -0.4 is 10.2 Å². The van der Waals surface area contributed by atoms with E-state index >= 15 is 0 Å². The number of nitrogens with one attached hydrogen (secondary N) is 1. The number of hydrogen-bond acceptors (Lipinski definition) is 4. The smallest absolute Gasteiger partial charge is 0.409 e. The summed E-state index contributed by atoms with van der Waals surface area (Å²) in [4.78, 5) is 25.9. The Morgan fingerprint density at radius 3 is 2.56 bits per heavy atom. The van der Waals surface area contributed by atoms with Crippen LogP contribution in [-0.2, 0) is 9.53 Å². The highest BCUT2D eigenvalue weighted by Crippen LogP contribution is 2.21. The minimum absolute atomic E-state index is 0.0258. The Labute approximate surface area is 158 Å². The summed E-state index contributed by atoms with van der Waals surface area (Å²) in [7, 11) is 0. The molecule has 1 unspecified atom stereocenters. The SMILES string of the molecule is CC(C)(C)OC(=O)NC(Cl)C(=O)N(CCCCO)c1cccc(Cl)c1. The molecule has 0 aliphatic heterocycles. The number of rotatable bonds is 7. The van der Waals surface area contributed by atoms with Crippen molar-refractivity contribution in [3.63, 3.8) is 0 Å². The van der Waals surface area contributed by atoms with E-state index in [1.807, 2.05) is 0 Å². The molecule has 0 saturated carbocycles. The molecule has 0 aromatic heterocycles. The highest BCUT2D eigenvalue weighted by Gasteiger charge is 2.27. The summed E-state index contributed by atoms with van der Waals surface area (Å²) in [6.07, 6.45) is 0.337. The van der Waals surface area contributed by atoms with Gasteiger partial charge in [-0.15, -0.1) is 0 Å². The first-order chi connectivity index (χ1) is 11.6. The fourth-order valence-corrected chi connectivity index (χ4v) is 2.39. The topological polar surface area (TPSA) is 78.9 Å². The lowest BCUT2D eigenvalue weighted by Crippen LogP contribution is -2.47.